The van der Waals surface area contributed by atoms with E-state index in [0.29, 0.717) is 11.2 Å². The number of hydrogen-bond donors (Lipinski definition) is 1. The molecule has 0 unspecified atom stereocenters. The fourth-order valence-corrected chi connectivity index (χ4v) is 3.07. The van der Waals surface area contributed by atoms with E-state index in [2.05, 4.69) is 15.0 Å². The second-order valence-corrected chi connectivity index (χ2v) is 5.87. The van der Waals surface area contributed by atoms with Gasteiger partial charge in [0.2, 0.25) is 5.95 Å². The molecule has 1 aliphatic rings. The van der Waals surface area contributed by atoms with Crippen molar-refractivity contribution in [2.24, 2.45) is 5.92 Å². The molecule has 0 atom stereocenters. The predicted octanol–water partition coefficient (Wildman–Crippen LogP) is 2.52. The molecule has 0 saturated heterocycles. The maximum Gasteiger partial charge on any atom is 0.322 e. The molecule has 0 bridgehead atoms. The van der Waals surface area contributed by atoms with Gasteiger partial charge in [0, 0.05) is 5.75 Å². The van der Waals surface area contributed by atoms with E-state index in [1.54, 1.807) is 11.8 Å². The van der Waals surface area contributed by atoms with Crippen LogP contribution in [0.1, 0.15) is 39.5 Å². The third-order valence-electron chi connectivity index (χ3n) is 2.88. The zero-order valence-corrected chi connectivity index (χ0v) is 11.7. The molecular formula is C12H20N4OS. The lowest BCUT2D eigenvalue weighted by Crippen LogP contribution is -2.11. The van der Waals surface area contributed by atoms with E-state index in [4.69, 9.17) is 10.5 Å². The first-order valence-electron chi connectivity index (χ1n) is 6.44. The van der Waals surface area contributed by atoms with E-state index < -0.39 is 0 Å². The Morgan fingerprint density at radius 1 is 1.28 bits per heavy atom. The summed E-state index contributed by atoms with van der Waals surface area (Å²) in [5.74, 6) is 2.09. The SMILES string of the molecule is CC(C)Oc1nc(N)nc(SCC2CCCC2)n1. The van der Waals surface area contributed by atoms with Crippen molar-refractivity contribution >= 4 is 17.7 Å². The Labute approximate surface area is 112 Å². The summed E-state index contributed by atoms with van der Waals surface area (Å²) in [6.07, 6.45) is 5.39. The zero-order chi connectivity index (χ0) is 13.0. The van der Waals surface area contributed by atoms with Gasteiger partial charge in [-0.25, -0.2) is 0 Å². The molecule has 1 aromatic rings. The topological polar surface area (TPSA) is 73.9 Å². The van der Waals surface area contributed by atoms with Crippen molar-refractivity contribution in [1.29, 1.82) is 0 Å². The standard InChI is InChI=1S/C12H20N4OS/c1-8(2)17-11-14-10(13)15-12(16-11)18-7-9-5-3-4-6-9/h8-9H,3-7H2,1-2H3,(H2,13,14,15,16). The highest BCUT2D eigenvalue weighted by molar-refractivity contribution is 7.99. The average molecular weight is 268 g/mol. The summed E-state index contributed by atoms with van der Waals surface area (Å²) in [5, 5.41) is 0.671. The molecule has 2 rings (SSSR count). The minimum Gasteiger partial charge on any atom is -0.461 e. The summed E-state index contributed by atoms with van der Waals surface area (Å²) in [6, 6.07) is 0.325. The smallest absolute Gasteiger partial charge is 0.322 e. The second-order valence-electron chi connectivity index (χ2n) is 4.89. The van der Waals surface area contributed by atoms with Crippen LogP contribution in [0.15, 0.2) is 5.16 Å². The van der Waals surface area contributed by atoms with Gasteiger partial charge >= 0.3 is 6.01 Å². The van der Waals surface area contributed by atoms with Gasteiger partial charge in [0.15, 0.2) is 5.16 Å². The van der Waals surface area contributed by atoms with Crippen LogP contribution in [-0.4, -0.2) is 26.8 Å². The zero-order valence-electron chi connectivity index (χ0n) is 10.9. The molecular weight excluding hydrogens is 248 g/mol. The highest BCUT2D eigenvalue weighted by Gasteiger charge is 2.16. The number of hydrogen-bond acceptors (Lipinski definition) is 6. The normalized spacial score (nSPS) is 16.4. The first kappa shape index (κ1) is 13.4. The Kier molecular flexibility index (Phi) is 4.63. The Morgan fingerprint density at radius 2 is 2.00 bits per heavy atom. The quantitative estimate of drug-likeness (QED) is 0.827. The van der Waals surface area contributed by atoms with Crippen molar-refractivity contribution in [2.75, 3.05) is 11.5 Å². The van der Waals surface area contributed by atoms with Crippen LogP contribution in [0, 0.1) is 5.92 Å². The lowest BCUT2D eigenvalue weighted by molar-refractivity contribution is 0.219. The molecule has 1 aliphatic carbocycles. The number of rotatable bonds is 5. The lowest BCUT2D eigenvalue weighted by Gasteiger charge is -2.10. The molecule has 6 heteroatoms. The van der Waals surface area contributed by atoms with E-state index in [-0.39, 0.29) is 12.1 Å². The minimum absolute atomic E-state index is 0.0412. The molecule has 100 valence electrons. The number of nitrogens with zero attached hydrogens (tertiary/aromatic N) is 3. The lowest BCUT2D eigenvalue weighted by atomic mass is 10.1. The molecule has 1 saturated carbocycles. The first-order chi connectivity index (χ1) is 8.63. The van der Waals surface area contributed by atoms with Crippen LogP contribution < -0.4 is 10.5 Å². The van der Waals surface area contributed by atoms with Gasteiger partial charge in [-0.2, -0.15) is 15.0 Å². The predicted molar refractivity (Wildman–Crippen MR) is 72.7 cm³/mol. The second kappa shape index (κ2) is 6.22. The van der Waals surface area contributed by atoms with Crippen LogP contribution in [0.3, 0.4) is 0 Å². The summed E-state index contributed by atoms with van der Waals surface area (Å²) in [5.41, 5.74) is 5.66. The molecule has 18 heavy (non-hydrogen) atoms. The monoisotopic (exact) mass is 268 g/mol. The number of nitrogens with two attached hydrogens (primary N) is 1. The minimum atomic E-state index is 0.0412. The van der Waals surface area contributed by atoms with Crippen molar-refractivity contribution in [3.8, 4) is 6.01 Å². The molecule has 1 fully saturated rings. The molecule has 5 nitrogen and oxygen atoms in total. The van der Waals surface area contributed by atoms with Gasteiger partial charge in [-0.3, -0.25) is 0 Å². The summed E-state index contributed by atoms with van der Waals surface area (Å²) in [7, 11) is 0. The van der Waals surface area contributed by atoms with Crippen LogP contribution in [-0.2, 0) is 0 Å². The van der Waals surface area contributed by atoms with Gasteiger partial charge in [0.25, 0.3) is 0 Å². The van der Waals surface area contributed by atoms with Crippen molar-refractivity contribution in [3.63, 3.8) is 0 Å². The summed E-state index contributed by atoms with van der Waals surface area (Å²) >= 11 is 1.65. The number of anilines is 1. The summed E-state index contributed by atoms with van der Waals surface area (Å²) in [4.78, 5) is 12.4. The molecule has 0 aromatic carbocycles. The number of thioether (sulfide) groups is 1. The molecule has 0 radical (unpaired) electrons. The van der Waals surface area contributed by atoms with Gasteiger partial charge in [0.05, 0.1) is 6.10 Å². The molecule has 2 N–H and O–H groups in total. The fraction of sp³-hybridized carbons (Fsp3) is 0.750. The highest BCUT2D eigenvalue weighted by Crippen LogP contribution is 2.30. The molecule has 0 aliphatic heterocycles. The van der Waals surface area contributed by atoms with Crippen molar-refractivity contribution < 1.29 is 4.74 Å². The fourth-order valence-electron chi connectivity index (χ4n) is 2.05. The van der Waals surface area contributed by atoms with Gasteiger partial charge in [-0.1, -0.05) is 24.6 Å². The number of ether oxygens (including phenoxy) is 1. The van der Waals surface area contributed by atoms with Crippen LogP contribution >= 0.6 is 11.8 Å². The van der Waals surface area contributed by atoms with Crippen molar-refractivity contribution in [3.05, 3.63) is 0 Å². The Hall–Kier alpha value is -1.04. The van der Waals surface area contributed by atoms with Gasteiger partial charge in [0.1, 0.15) is 0 Å². The number of nitrogen functional groups attached to an aromatic ring is 1. The van der Waals surface area contributed by atoms with E-state index in [1.165, 1.54) is 25.7 Å². The van der Waals surface area contributed by atoms with Crippen molar-refractivity contribution in [1.82, 2.24) is 15.0 Å². The molecule has 1 heterocycles. The summed E-state index contributed by atoms with van der Waals surface area (Å²) < 4.78 is 5.45. The van der Waals surface area contributed by atoms with Crippen LogP contribution in [0.2, 0.25) is 0 Å². The summed E-state index contributed by atoms with van der Waals surface area (Å²) in [6.45, 7) is 3.87. The Balaban J connectivity index is 1.96. The number of aromatic nitrogens is 3. The Morgan fingerprint density at radius 3 is 2.67 bits per heavy atom. The van der Waals surface area contributed by atoms with E-state index in [9.17, 15) is 0 Å². The van der Waals surface area contributed by atoms with Crippen LogP contribution in [0.5, 0.6) is 6.01 Å². The van der Waals surface area contributed by atoms with Crippen molar-refractivity contribution in [2.45, 2.75) is 50.8 Å². The van der Waals surface area contributed by atoms with Gasteiger partial charge in [-0.05, 0) is 32.6 Å². The third-order valence-corrected chi connectivity index (χ3v) is 3.95. The molecule has 1 aromatic heterocycles. The van der Waals surface area contributed by atoms with E-state index in [1.807, 2.05) is 13.8 Å². The van der Waals surface area contributed by atoms with E-state index in [0.717, 1.165) is 11.7 Å². The highest BCUT2D eigenvalue weighted by atomic mass is 32.2. The third kappa shape index (κ3) is 4.01. The molecule has 0 spiro atoms. The van der Waals surface area contributed by atoms with Crippen LogP contribution in [0.25, 0.3) is 0 Å². The first-order valence-corrected chi connectivity index (χ1v) is 7.43. The average Bonchev–Trinajstić information content (AvgIpc) is 2.77. The largest absolute Gasteiger partial charge is 0.461 e. The maximum absolute atomic E-state index is 5.66. The maximum atomic E-state index is 5.66. The van der Waals surface area contributed by atoms with Gasteiger partial charge in [-0.15, -0.1) is 0 Å². The Bertz CT molecular complexity index is 394. The van der Waals surface area contributed by atoms with E-state index >= 15 is 0 Å². The molecule has 0 amide bonds. The van der Waals surface area contributed by atoms with Gasteiger partial charge < -0.3 is 10.5 Å². The van der Waals surface area contributed by atoms with Crippen LogP contribution in [0.4, 0.5) is 5.95 Å².